The molecule has 12 heteroatoms. The number of nitrogens with two attached hydrogens (primary N) is 1. The Morgan fingerprint density at radius 3 is 2.43 bits per heavy atom. The molecular weight excluding hydrogens is 643 g/mol. The lowest BCUT2D eigenvalue weighted by Gasteiger charge is -2.38. The van der Waals surface area contributed by atoms with Crippen LogP contribution in [0.3, 0.4) is 0 Å². The first kappa shape index (κ1) is 35.4. The number of ether oxygens (including phenoxy) is 1. The van der Waals surface area contributed by atoms with Crippen LogP contribution in [0, 0.1) is 12.8 Å². The van der Waals surface area contributed by atoms with Gasteiger partial charge in [0.1, 0.15) is 11.9 Å². The van der Waals surface area contributed by atoms with Gasteiger partial charge in [0.25, 0.3) is 21.8 Å². The first-order valence-corrected chi connectivity index (χ1v) is 17.6. The number of para-hydroxylation sites is 2. The van der Waals surface area contributed by atoms with Crippen LogP contribution in [0.25, 0.3) is 0 Å². The number of carbonyl (C=O) groups is 2. The molecule has 0 radical (unpaired) electrons. The van der Waals surface area contributed by atoms with E-state index in [1.165, 1.54) is 18.2 Å². The molecule has 4 aromatic carbocycles. The van der Waals surface area contributed by atoms with Crippen molar-refractivity contribution in [2.75, 3.05) is 42.5 Å². The highest BCUT2D eigenvalue weighted by atomic mass is 32.2. The zero-order valence-electron chi connectivity index (χ0n) is 28.1. The number of rotatable bonds is 11. The van der Waals surface area contributed by atoms with E-state index in [0.717, 1.165) is 11.1 Å². The fourth-order valence-corrected chi connectivity index (χ4v) is 6.74. The molecule has 5 rings (SSSR count). The van der Waals surface area contributed by atoms with E-state index in [0.29, 0.717) is 42.3 Å². The molecule has 1 aliphatic rings. The number of amides is 2. The second-order valence-corrected chi connectivity index (χ2v) is 14.4. The van der Waals surface area contributed by atoms with E-state index in [2.05, 4.69) is 14.9 Å². The number of benzene rings is 4. The summed E-state index contributed by atoms with van der Waals surface area (Å²) < 4.78 is 35.3. The van der Waals surface area contributed by atoms with Gasteiger partial charge in [-0.05, 0) is 81.1 Å². The van der Waals surface area contributed by atoms with E-state index >= 15 is 0 Å². The van der Waals surface area contributed by atoms with Gasteiger partial charge < -0.3 is 25.8 Å². The van der Waals surface area contributed by atoms with Crippen molar-refractivity contribution in [1.29, 1.82) is 0 Å². The molecule has 3 atom stereocenters. The first-order valence-electron chi connectivity index (χ1n) is 16.1. The third-order valence-electron chi connectivity index (χ3n) is 8.62. The quantitative estimate of drug-likeness (QED) is 0.161. The van der Waals surface area contributed by atoms with Crippen molar-refractivity contribution in [3.63, 3.8) is 0 Å². The molecule has 0 saturated heterocycles. The average Bonchev–Trinajstić information content (AvgIpc) is 3.07. The number of aliphatic hydroxyl groups excluding tert-OH is 1. The molecule has 1 heterocycles. The predicted molar refractivity (Wildman–Crippen MR) is 191 cm³/mol. The number of sulfonamides is 1. The molecule has 0 unspecified atom stereocenters. The van der Waals surface area contributed by atoms with Crippen molar-refractivity contribution >= 4 is 38.9 Å². The minimum absolute atomic E-state index is 0.107. The summed E-state index contributed by atoms with van der Waals surface area (Å²) in [6, 6.07) is 25.1. The van der Waals surface area contributed by atoms with E-state index in [1.54, 1.807) is 66.4 Å². The summed E-state index contributed by atoms with van der Waals surface area (Å²) in [6.45, 7) is 6.83. The molecule has 0 bridgehead atoms. The van der Waals surface area contributed by atoms with Crippen molar-refractivity contribution in [2.24, 2.45) is 5.92 Å². The number of carbonyl (C=O) groups excluding carboxylic acids is 2. The van der Waals surface area contributed by atoms with Crippen molar-refractivity contribution in [3.8, 4) is 5.75 Å². The smallest absolute Gasteiger partial charge is 0.261 e. The molecule has 0 fully saturated rings. The van der Waals surface area contributed by atoms with Crippen molar-refractivity contribution < 1.29 is 27.9 Å². The normalized spacial score (nSPS) is 17.0. The molecule has 4 aromatic rings. The second-order valence-electron chi connectivity index (χ2n) is 12.7. The number of nitrogen functional groups attached to an aromatic ring is 1. The Hall–Kier alpha value is -4.91. The van der Waals surface area contributed by atoms with Gasteiger partial charge in [-0.1, -0.05) is 48.9 Å². The topological polar surface area (TPSA) is 154 Å². The summed E-state index contributed by atoms with van der Waals surface area (Å²) in [4.78, 5) is 30.4. The van der Waals surface area contributed by atoms with Gasteiger partial charge in [-0.15, -0.1) is 0 Å². The lowest BCUT2D eigenvalue weighted by Crippen LogP contribution is -2.49. The van der Waals surface area contributed by atoms with E-state index in [4.69, 9.17) is 10.5 Å². The maximum absolute atomic E-state index is 13.8. The molecule has 258 valence electrons. The number of aryl methyl sites for hydroxylation is 1. The van der Waals surface area contributed by atoms with E-state index in [9.17, 15) is 23.1 Å². The molecule has 0 aromatic heterocycles. The number of nitrogens with one attached hydrogen (secondary N) is 2. The molecule has 11 nitrogen and oxygen atoms in total. The fourth-order valence-electron chi connectivity index (χ4n) is 5.69. The number of hydrogen-bond acceptors (Lipinski definition) is 8. The number of fused-ring (bicyclic) bond motifs is 1. The van der Waals surface area contributed by atoms with E-state index in [-0.39, 0.29) is 46.6 Å². The number of nitrogens with zero attached hydrogens (tertiary/aromatic N) is 2. The van der Waals surface area contributed by atoms with Gasteiger partial charge in [0, 0.05) is 36.8 Å². The largest absolute Gasteiger partial charge is 0.488 e. The lowest BCUT2D eigenvalue weighted by molar-refractivity contribution is 0.0341. The number of aliphatic hydroxyl groups is 1. The van der Waals surface area contributed by atoms with E-state index in [1.807, 2.05) is 39.1 Å². The number of anilines is 3. The minimum atomic E-state index is -3.90. The maximum Gasteiger partial charge on any atom is 0.261 e. The number of likely N-dealkylation sites (N-methyl/N-ethyl adjacent to an activating group) is 1. The van der Waals surface area contributed by atoms with Gasteiger partial charge in [0.05, 0.1) is 34.5 Å². The Kier molecular flexibility index (Phi) is 10.9. The first-order chi connectivity index (χ1) is 23.3. The highest BCUT2D eigenvalue weighted by molar-refractivity contribution is 7.92. The van der Waals surface area contributed by atoms with Crippen LogP contribution in [0.15, 0.2) is 95.9 Å². The molecule has 0 aliphatic carbocycles. The Balaban J connectivity index is 1.32. The van der Waals surface area contributed by atoms with Crippen LogP contribution >= 0.6 is 0 Å². The third kappa shape index (κ3) is 8.58. The van der Waals surface area contributed by atoms with Crippen LogP contribution in [0.2, 0.25) is 0 Å². The Labute approximate surface area is 287 Å². The van der Waals surface area contributed by atoms with Crippen LogP contribution in [0.5, 0.6) is 5.75 Å². The third-order valence-corrected chi connectivity index (χ3v) is 10.0. The molecule has 1 aliphatic heterocycles. The minimum Gasteiger partial charge on any atom is -0.488 e. The van der Waals surface area contributed by atoms with Crippen LogP contribution in [-0.4, -0.2) is 74.0 Å². The Morgan fingerprint density at radius 2 is 1.76 bits per heavy atom. The monoisotopic (exact) mass is 685 g/mol. The predicted octanol–water partition coefficient (Wildman–Crippen LogP) is 4.98. The lowest BCUT2D eigenvalue weighted by atomic mass is 9.99. The van der Waals surface area contributed by atoms with Gasteiger partial charge in [-0.25, -0.2) is 8.42 Å². The van der Waals surface area contributed by atoms with Crippen molar-refractivity contribution in [3.05, 3.63) is 113 Å². The standard InChI is InChI=1S/C37H43N5O6S/c1-24-9-16-30(17-10-24)49(46,47)40-29-15-18-34-31(19-29)37(45)42(26(3)23-43)20-25(2)35(48-34)22-41(4)21-27-11-13-28(14-12-27)36(44)39-33-8-6-5-7-32(33)38/h5-19,25-26,35,40,43H,20-23,38H2,1-4H3,(H,39,44)/t25-,26+,35+/m1/s1. The summed E-state index contributed by atoms with van der Waals surface area (Å²) >= 11 is 0. The van der Waals surface area contributed by atoms with Gasteiger partial charge in [-0.2, -0.15) is 0 Å². The molecule has 2 amide bonds. The van der Waals surface area contributed by atoms with Gasteiger partial charge in [0.15, 0.2) is 0 Å². The maximum atomic E-state index is 13.8. The average molecular weight is 686 g/mol. The van der Waals surface area contributed by atoms with Crippen molar-refractivity contribution in [1.82, 2.24) is 9.80 Å². The van der Waals surface area contributed by atoms with Gasteiger partial charge in [-0.3, -0.25) is 19.2 Å². The van der Waals surface area contributed by atoms with Crippen LogP contribution in [0.4, 0.5) is 17.1 Å². The zero-order chi connectivity index (χ0) is 35.3. The Morgan fingerprint density at radius 1 is 1.06 bits per heavy atom. The van der Waals surface area contributed by atoms with Crippen LogP contribution in [-0.2, 0) is 16.6 Å². The molecular formula is C37H43N5O6S. The zero-order valence-corrected chi connectivity index (χ0v) is 28.9. The summed E-state index contributed by atoms with van der Waals surface area (Å²) in [6.07, 6.45) is -0.346. The number of hydrogen-bond donors (Lipinski definition) is 4. The fraction of sp³-hybridized carbons (Fsp3) is 0.297. The van der Waals surface area contributed by atoms with Crippen molar-refractivity contribution in [2.45, 2.75) is 44.4 Å². The molecule has 5 N–H and O–H groups in total. The Bertz CT molecular complexity index is 1900. The summed E-state index contributed by atoms with van der Waals surface area (Å²) in [5.41, 5.74) is 9.86. The SMILES string of the molecule is Cc1ccc(S(=O)(=O)Nc2ccc3c(c2)C(=O)N([C@@H](C)CO)C[C@@H](C)[C@H](CN(C)Cc2ccc(C(=O)Nc4ccccc4N)cc2)O3)cc1. The summed E-state index contributed by atoms with van der Waals surface area (Å²) in [5, 5.41) is 12.9. The van der Waals surface area contributed by atoms with Gasteiger partial charge >= 0.3 is 0 Å². The van der Waals surface area contributed by atoms with E-state index < -0.39 is 16.1 Å². The molecule has 49 heavy (non-hydrogen) atoms. The van der Waals surface area contributed by atoms with Crippen LogP contribution in [0.1, 0.15) is 45.7 Å². The molecule has 0 saturated carbocycles. The van der Waals surface area contributed by atoms with Gasteiger partial charge in [0.2, 0.25) is 0 Å². The highest BCUT2D eigenvalue weighted by Gasteiger charge is 2.34. The summed E-state index contributed by atoms with van der Waals surface area (Å²) in [7, 11) is -1.93. The second kappa shape index (κ2) is 15.1. The summed E-state index contributed by atoms with van der Waals surface area (Å²) in [5.74, 6) is -0.385. The van der Waals surface area contributed by atoms with Crippen LogP contribution < -0.4 is 20.5 Å². The highest BCUT2D eigenvalue weighted by Crippen LogP contribution is 2.31. The molecule has 0 spiro atoms.